The third-order valence-electron chi connectivity index (χ3n) is 0.1000. The van der Waals surface area contributed by atoms with Crippen molar-refractivity contribution < 1.29 is 10.2 Å². The Morgan fingerprint density at radius 1 is 1.25 bits per heavy atom. The summed E-state index contributed by atoms with van der Waals surface area (Å²) in [6.07, 6.45) is 0. The van der Waals surface area contributed by atoms with Gasteiger partial charge in [-0.3, -0.25) is 0 Å². The van der Waals surface area contributed by atoms with Crippen molar-refractivity contribution in [3.05, 3.63) is 0 Å². The molecule has 0 radical (unpaired) electrons. The summed E-state index contributed by atoms with van der Waals surface area (Å²) in [5.74, 6) is 0. The lowest BCUT2D eigenvalue weighted by atomic mass is 10.8. The maximum Gasteiger partial charge on any atom is 0.160 e. The van der Waals surface area contributed by atoms with E-state index in [2.05, 4.69) is 23.7 Å². The molecule has 0 spiro atoms. The van der Waals surface area contributed by atoms with E-state index in [1.807, 2.05) is 0 Å². The summed E-state index contributed by atoms with van der Waals surface area (Å²) in [5, 5.41) is 15.2. The summed E-state index contributed by atoms with van der Waals surface area (Å²) in [4.78, 5) is 0. The first-order chi connectivity index (χ1) is 3.65. The number of rotatable bonds is 1. The molecular weight excluding hydrogens is 128 g/mol. The van der Waals surface area contributed by atoms with E-state index in [9.17, 15) is 0 Å². The molecule has 0 rings (SSSR count). The molecular formula is C3H10N2O2S. The maximum absolute atomic E-state index is 7.62. The van der Waals surface area contributed by atoms with Crippen LogP contribution in [0.25, 0.3) is 0 Å². The van der Waals surface area contributed by atoms with Crippen LogP contribution in [0.3, 0.4) is 0 Å². The third-order valence-corrected chi connectivity index (χ3v) is 0.1000. The van der Waals surface area contributed by atoms with Crippen LogP contribution in [-0.2, 0) is 0 Å². The van der Waals surface area contributed by atoms with Crippen LogP contribution < -0.4 is 11.5 Å². The van der Waals surface area contributed by atoms with Gasteiger partial charge >= 0.3 is 0 Å². The molecule has 6 N–H and O–H groups in total. The fraction of sp³-hybridized carbons (Fsp3) is 0.667. The highest BCUT2D eigenvalue weighted by molar-refractivity contribution is 7.80. The third kappa shape index (κ3) is 320. The van der Waals surface area contributed by atoms with Crippen molar-refractivity contribution in [2.24, 2.45) is 11.5 Å². The minimum Gasteiger partial charge on any atom is -0.394 e. The molecule has 0 aliphatic heterocycles. The molecule has 0 aliphatic carbocycles. The lowest BCUT2D eigenvalue weighted by Gasteiger charge is -1.70. The highest BCUT2D eigenvalue weighted by Crippen LogP contribution is 1.39. The van der Waals surface area contributed by atoms with Crippen molar-refractivity contribution in [3.8, 4) is 0 Å². The van der Waals surface area contributed by atoms with Gasteiger partial charge in [-0.25, -0.2) is 0 Å². The lowest BCUT2D eigenvalue weighted by Crippen LogP contribution is -2.18. The van der Waals surface area contributed by atoms with Crippen LogP contribution in [0.15, 0.2) is 0 Å². The second kappa shape index (κ2) is 9.79. The number of aliphatic hydroxyl groups excluding tert-OH is 2. The zero-order chi connectivity index (χ0) is 6.99. The summed E-state index contributed by atoms with van der Waals surface area (Å²) in [7, 11) is 0. The Hall–Kier alpha value is -0.390. The SMILES string of the molecule is NC(N)=S.OCCO. The number of hydrogen-bond donors (Lipinski definition) is 4. The van der Waals surface area contributed by atoms with Crippen LogP contribution in [-0.4, -0.2) is 28.5 Å². The molecule has 0 aromatic heterocycles. The first-order valence-electron chi connectivity index (χ1n) is 1.91. The van der Waals surface area contributed by atoms with E-state index >= 15 is 0 Å². The quantitative estimate of drug-likeness (QED) is 0.319. The van der Waals surface area contributed by atoms with Crippen LogP contribution in [0.1, 0.15) is 0 Å². The Kier molecular flexibility index (Phi) is 12.9. The molecule has 0 aliphatic rings. The second-order valence-corrected chi connectivity index (χ2v) is 1.32. The van der Waals surface area contributed by atoms with Gasteiger partial charge in [-0.05, 0) is 12.2 Å². The fourth-order valence-corrected chi connectivity index (χ4v) is 0. The smallest absolute Gasteiger partial charge is 0.160 e. The van der Waals surface area contributed by atoms with Gasteiger partial charge in [-0.2, -0.15) is 0 Å². The molecule has 0 aromatic rings. The predicted octanol–water partition coefficient (Wildman–Crippen LogP) is -1.84. The van der Waals surface area contributed by atoms with Crippen LogP contribution >= 0.6 is 12.2 Å². The number of nitrogens with two attached hydrogens (primary N) is 2. The molecule has 0 bridgehead atoms. The van der Waals surface area contributed by atoms with E-state index < -0.39 is 0 Å². The predicted molar refractivity (Wildman–Crippen MR) is 35.1 cm³/mol. The molecule has 4 nitrogen and oxygen atoms in total. The van der Waals surface area contributed by atoms with Crippen molar-refractivity contribution in [3.63, 3.8) is 0 Å². The Morgan fingerprint density at radius 3 is 1.38 bits per heavy atom. The summed E-state index contributed by atoms with van der Waals surface area (Å²) < 4.78 is 0. The van der Waals surface area contributed by atoms with E-state index in [0.717, 1.165) is 0 Å². The molecule has 0 atom stereocenters. The number of aliphatic hydroxyl groups is 2. The van der Waals surface area contributed by atoms with E-state index in [0.29, 0.717) is 0 Å². The molecule has 50 valence electrons. The average Bonchev–Trinajstić information content (AvgIpc) is 1.65. The van der Waals surface area contributed by atoms with E-state index in [-0.39, 0.29) is 18.3 Å². The van der Waals surface area contributed by atoms with Gasteiger partial charge in [0.2, 0.25) is 0 Å². The van der Waals surface area contributed by atoms with Gasteiger partial charge in [0.05, 0.1) is 13.2 Å². The van der Waals surface area contributed by atoms with Crippen molar-refractivity contribution in [2.45, 2.75) is 0 Å². The van der Waals surface area contributed by atoms with Gasteiger partial charge in [-0.1, -0.05) is 0 Å². The molecule has 0 fully saturated rings. The van der Waals surface area contributed by atoms with Crippen molar-refractivity contribution in [2.75, 3.05) is 13.2 Å². The van der Waals surface area contributed by atoms with E-state index in [1.54, 1.807) is 0 Å². The molecule has 0 heterocycles. The van der Waals surface area contributed by atoms with Crippen LogP contribution in [0.5, 0.6) is 0 Å². The van der Waals surface area contributed by atoms with Gasteiger partial charge in [-0.15, -0.1) is 0 Å². The van der Waals surface area contributed by atoms with Crippen LogP contribution in [0, 0.1) is 0 Å². The molecule has 0 saturated carbocycles. The Balaban J connectivity index is 0. The van der Waals surface area contributed by atoms with Gasteiger partial charge in [0.1, 0.15) is 0 Å². The summed E-state index contributed by atoms with van der Waals surface area (Å²) in [6.45, 7) is -0.250. The van der Waals surface area contributed by atoms with E-state index in [1.165, 1.54) is 0 Å². The highest BCUT2D eigenvalue weighted by atomic mass is 32.1. The standard InChI is InChI=1S/C2H6O2.CH4N2S/c3-1-2-4;2-1(3)4/h3-4H,1-2H2;(H4,2,3,4). The van der Waals surface area contributed by atoms with Crippen LogP contribution in [0.2, 0.25) is 0 Å². The average molecular weight is 138 g/mol. The maximum atomic E-state index is 7.62. The monoisotopic (exact) mass is 138 g/mol. The molecule has 5 heteroatoms. The highest BCUT2D eigenvalue weighted by Gasteiger charge is 1.58. The molecule has 0 aromatic carbocycles. The number of thiocarbonyl (C=S) groups is 1. The van der Waals surface area contributed by atoms with Gasteiger partial charge in [0.25, 0.3) is 0 Å². The normalized spacial score (nSPS) is 6.75. The zero-order valence-corrected chi connectivity index (χ0v) is 5.19. The first-order valence-corrected chi connectivity index (χ1v) is 2.32. The summed E-state index contributed by atoms with van der Waals surface area (Å²) in [5.41, 5.74) is 9.24. The van der Waals surface area contributed by atoms with Crippen molar-refractivity contribution in [1.82, 2.24) is 0 Å². The first kappa shape index (κ1) is 10.6. The topological polar surface area (TPSA) is 92.5 Å². The Labute approximate surface area is 53.1 Å². The van der Waals surface area contributed by atoms with Gasteiger partial charge < -0.3 is 21.7 Å². The molecule has 0 unspecified atom stereocenters. The van der Waals surface area contributed by atoms with Gasteiger partial charge in [0.15, 0.2) is 5.11 Å². The Bertz CT molecular complexity index is 53.2. The summed E-state index contributed by atoms with van der Waals surface area (Å²) >= 11 is 4.09. The van der Waals surface area contributed by atoms with E-state index in [4.69, 9.17) is 10.2 Å². The lowest BCUT2D eigenvalue weighted by molar-refractivity contribution is 0.186. The zero-order valence-electron chi connectivity index (χ0n) is 4.37. The van der Waals surface area contributed by atoms with Gasteiger partial charge in [0, 0.05) is 0 Å². The minimum absolute atomic E-state index is 0.000000000000000222. The van der Waals surface area contributed by atoms with Crippen LogP contribution in [0.4, 0.5) is 0 Å². The second-order valence-electron chi connectivity index (χ2n) is 0.850. The largest absolute Gasteiger partial charge is 0.394 e. The summed E-state index contributed by atoms with van der Waals surface area (Å²) in [6, 6.07) is 0. The minimum atomic E-state index is -0.125. The van der Waals surface area contributed by atoms with Crippen molar-refractivity contribution >= 4 is 17.3 Å². The molecule has 0 amide bonds. The molecule has 0 saturated heterocycles. The number of hydrogen-bond acceptors (Lipinski definition) is 3. The van der Waals surface area contributed by atoms with Crippen molar-refractivity contribution in [1.29, 1.82) is 0 Å². The molecule has 8 heavy (non-hydrogen) atoms. The fourth-order valence-electron chi connectivity index (χ4n) is 0. The Morgan fingerprint density at radius 2 is 1.38 bits per heavy atom.